The van der Waals surface area contributed by atoms with Gasteiger partial charge in [-0.1, -0.05) is 33.6 Å². The molecule has 0 bridgehead atoms. The molecule has 0 heterocycles. The van der Waals surface area contributed by atoms with Crippen LogP contribution in [0.25, 0.3) is 0 Å². The lowest BCUT2D eigenvalue weighted by Crippen LogP contribution is -2.02. The lowest BCUT2D eigenvalue weighted by molar-refractivity contribution is 0.480. The number of hydrogen-bond acceptors (Lipinski definition) is 2. The summed E-state index contributed by atoms with van der Waals surface area (Å²) in [6, 6.07) is 0. The molecule has 0 radical (unpaired) electrons. The Kier molecular flexibility index (Phi) is 9.83. The first kappa shape index (κ1) is 13.5. The first-order valence-electron chi connectivity index (χ1n) is 3.93. The van der Waals surface area contributed by atoms with Crippen molar-refractivity contribution >= 4 is 10.1 Å². The zero-order valence-corrected chi connectivity index (χ0v) is 8.32. The first-order chi connectivity index (χ1) is 4.97. The summed E-state index contributed by atoms with van der Waals surface area (Å²) >= 11 is 0. The van der Waals surface area contributed by atoms with Crippen LogP contribution in [0.2, 0.25) is 0 Å². The lowest BCUT2D eigenvalue weighted by atomic mass is 10.4. The number of hydrogen-bond donors (Lipinski definition) is 1. The van der Waals surface area contributed by atoms with Gasteiger partial charge in [0.15, 0.2) is 0 Å². The van der Waals surface area contributed by atoms with E-state index in [-0.39, 0.29) is 5.75 Å². The van der Waals surface area contributed by atoms with Gasteiger partial charge in [0.2, 0.25) is 0 Å². The standard InChI is InChI=1S/C4H10O3S.C3H8/c1-2-3-4-8(5,6)7;1-3-2/h2-4H2,1H3,(H,5,6,7);3H2,1-2H3. The molecular formula is C7H18O3S. The molecular weight excluding hydrogens is 164 g/mol. The average molecular weight is 182 g/mol. The van der Waals surface area contributed by atoms with E-state index in [1.807, 2.05) is 6.92 Å². The molecule has 0 aliphatic rings. The molecule has 0 atom stereocenters. The third-order valence-corrected chi connectivity index (χ3v) is 1.56. The molecule has 4 heteroatoms. The monoisotopic (exact) mass is 182 g/mol. The second kappa shape index (κ2) is 8.01. The second-order valence-electron chi connectivity index (χ2n) is 2.35. The van der Waals surface area contributed by atoms with Crippen molar-refractivity contribution in [2.45, 2.75) is 40.0 Å². The normalized spacial score (nSPS) is 10.2. The van der Waals surface area contributed by atoms with Crippen LogP contribution in [0, 0.1) is 0 Å². The van der Waals surface area contributed by atoms with E-state index in [1.54, 1.807) is 0 Å². The Morgan fingerprint density at radius 2 is 1.55 bits per heavy atom. The highest BCUT2D eigenvalue weighted by Crippen LogP contribution is 1.90. The third-order valence-electron chi connectivity index (χ3n) is 0.756. The van der Waals surface area contributed by atoms with Crippen LogP contribution in [0.15, 0.2) is 0 Å². The van der Waals surface area contributed by atoms with Gasteiger partial charge in [0.1, 0.15) is 0 Å². The average Bonchev–Trinajstić information content (AvgIpc) is 1.84. The summed E-state index contributed by atoms with van der Waals surface area (Å²) in [4.78, 5) is 0. The molecule has 0 aliphatic carbocycles. The third kappa shape index (κ3) is 25.7. The Bertz CT molecular complexity index is 149. The summed E-state index contributed by atoms with van der Waals surface area (Å²) in [5.74, 6) is -0.108. The van der Waals surface area contributed by atoms with Crippen molar-refractivity contribution in [3.63, 3.8) is 0 Å². The van der Waals surface area contributed by atoms with Gasteiger partial charge in [-0.25, -0.2) is 0 Å². The lowest BCUT2D eigenvalue weighted by Gasteiger charge is -1.90. The predicted molar refractivity (Wildman–Crippen MR) is 47.3 cm³/mol. The molecule has 0 unspecified atom stereocenters. The van der Waals surface area contributed by atoms with Gasteiger partial charge in [-0.3, -0.25) is 4.55 Å². The molecule has 3 nitrogen and oxygen atoms in total. The van der Waals surface area contributed by atoms with Gasteiger partial charge in [0.25, 0.3) is 10.1 Å². The van der Waals surface area contributed by atoms with E-state index in [9.17, 15) is 8.42 Å². The van der Waals surface area contributed by atoms with Crippen molar-refractivity contribution in [2.24, 2.45) is 0 Å². The van der Waals surface area contributed by atoms with Gasteiger partial charge in [-0.2, -0.15) is 8.42 Å². The van der Waals surface area contributed by atoms with Crippen molar-refractivity contribution in [1.29, 1.82) is 0 Å². The minimum Gasteiger partial charge on any atom is -0.286 e. The molecule has 1 N–H and O–H groups in total. The maximum absolute atomic E-state index is 9.95. The Hall–Kier alpha value is -0.0900. The zero-order chi connectivity index (χ0) is 9.33. The van der Waals surface area contributed by atoms with Gasteiger partial charge in [0.05, 0.1) is 5.75 Å². The quantitative estimate of drug-likeness (QED) is 0.680. The summed E-state index contributed by atoms with van der Waals surface area (Å²) in [6.07, 6.45) is 2.58. The molecule has 0 fully saturated rings. The predicted octanol–water partition coefficient (Wildman–Crippen LogP) is 2.09. The van der Waals surface area contributed by atoms with Crippen LogP contribution in [0.3, 0.4) is 0 Å². The highest BCUT2D eigenvalue weighted by Gasteiger charge is 2.00. The van der Waals surface area contributed by atoms with Crippen LogP contribution in [0.1, 0.15) is 40.0 Å². The summed E-state index contributed by atoms with van der Waals surface area (Å²) in [7, 11) is -3.69. The van der Waals surface area contributed by atoms with Gasteiger partial charge in [-0.15, -0.1) is 0 Å². The highest BCUT2D eigenvalue weighted by atomic mass is 32.2. The molecule has 0 aromatic rings. The fraction of sp³-hybridized carbons (Fsp3) is 1.00. The summed E-state index contributed by atoms with van der Waals surface area (Å²) in [5.41, 5.74) is 0. The molecule has 0 saturated carbocycles. The fourth-order valence-electron chi connectivity index (χ4n) is 0.327. The Balaban J connectivity index is 0. The van der Waals surface area contributed by atoms with Crippen LogP contribution in [0.5, 0.6) is 0 Å². The molecule has 0 aromatic carbocycles. The van der Waals surface area contributed by atoms with Crippen LogP contribution in [-0.4, -0.2) is 18.7 Å². The summed E-state index contributed by atoms with van der Waals surface area (Å²) in [6.45, 7) is 6.12. The fourth-order valence-corrected chi connectivity index (χ4v) is 0.980. The van der Waals surface area contributed by atoms with Crippen molar-refractivity contribution in [3.05, 3.63) is 0 Å². The van der Waals surface area contributed by atoms with Crippen molar-refractivity contribution in [3.8, 4) is 0 Å². The molecule has 11 heavy (non-hydrogen) atoms. The van der Waals surface area contributed by atoms with Gasteiger partial charge >= 0.3 is 0 Å². The highest BCUT2D eigenvalue weighted by molar-refractivity contribution is 7.85. The Morgan fingerprint density at radius 1 is 1.18 bits per heavy atom. The minimum atomic E-state index is -3.69. The van der Waals surface area contributed by atoms with Crippen LogP contribution in [0.4, 0.5) is 0 Å². The van der Waals surface area contributed by atoms with Gasteiger partial charge < -0.3 is 0 Å². The molecule has 0 saturated heterocycles. The smallest absolute Gasteiger partial charge is 0.264 e. The van der Waals surface area contributed by atoms with Crippen LogP contribution in [-0.2, 0) is 10.1 Å². The van der Waals surface area contributed by atoms with E-state index in [4.69, 9.17) is 4.55 Å². The second-order valence-corrected chi connectivity index (χ2v) is 3.92. The van der Waals surface area contributed by atoms with Gasteiger partial charge in [-0.05, 0) is 6.42 Å². The van der Waals surface area contributed by atoms with E-state index < -0.39 is 10.1 Å². The number of unbranched alkanes of at least 4 members (excludes halogenated alkanes) is 1. The van der Waals surface area contributed by atoms with E-state index in [0.29, 0.717) is 6.42 Å². The number of rotatable bonds is 3. The minimum absolute atomic E-state index is 0.108. The first-order valence-corrected chi connectivity index (χ1v) is 5.54. The summed E-state index contributed by atoms with van der Waals surface area (Å²) < 4.78 is 28.0. The molecule has 0 spiro atoms. The van der Waals surface area contributed by atoms with Crippen LogP contribution >= 0.6 is 0 Å². The van der Waals surface area contributed by atoms with E-state index in [1.165, 1.54) is 6.42 Å². The van der Waals surface area contributed by atoms with Crippen molar-refractivity contribution in [2.75, 3.05) is 5.75 Å². The topological polar surface area (TPSA) is 54.4 Å². The maximum atomic E-state index is 9.95. The van der Waals surface area contributed by atoms with E-state index >= 15 is 0 Å². The zero-order valence-electron chi connectivity index (χ0n) is 7.50. The maximum Gasteiger partial charge on any atom is 0.264 e. The van der Waals surface area contributed by atoms with E-state index in [0.717, 1.165) is 6.42 Å². The SMILES string of the molecule is CCC.CCCCS(=O)(=O)O. The Labute approximate surface area is 69.6 Å². The summed E-state index contributed by atoms with van der Waals surface area (Å²) in [5, 5.41) is 0. The van der Waals surface area contributed by atoms with Gasteiger partial charge in [0, 0.05) is 0 Å². The Morgan fingerprint density at radius 3 is 1.64 bits per heavy atom. The molecule has 70 valence electrons. The molecule has 0 aromatic heterocycles. The molecule has 0 amide bonds. The van der Waals surface area contributed by atoms with E-state index in [2.05, 4.69) is 13.8 Å². The molecule has 0 rings (SSSR count). The molecule has 0 aliphatic heterocycles. The largest absolute Gasteiger partial charge is 0.286 e. The van der Waals surface area contributed by atoms with Crippen LogP contribution < -0.4 is 0 Å². The van der Waals surface area contributed by atoms with Crippen molar-refractivity contribution in [1.82, 2.24) is 0 Å². The van der Waals surface area contributed by atoms with Crippen molar-refractivity contribution < 1.29 is 13.0 Å².